The fourth-order valence-corrected chi connectivity index (χ4v) is 4.13. The number of benzene rings is 2. The number of likely N-dealkylation sites (tertiary alicyclic amines) is 1. The number of ether oxygens (including phenoxy) is 1. The van der Waals surface area contributed by atoms with Gasteiger partial charge < -0.3 is 9.64 Å². The first-order chi connectivity index (χ1) is 16.2. The minimum atomic E-state index is 0.00903. The van der Waals surface area contributed by atoms with E-state index >= 15 is 0 Å². The van der Waals surface area contributed by atoms with Crippen LogP contribution >= 0.6 is 0 Å². The average Bonchev–Trinajstić information content (AvgIpc) is 3.39. The van der Waals surface area contributed by atoms with E-state index in [0.29, 0.717) is 18.0 Å². The Morgan fingerprint density at radius 3 is 2.76 bits per heavy atom. The molecule has 0 radical (unpaired) electrons. The Morgan fingerprint density at radius 1 is 1.06 bits per heavy atom. The van der Waals surface area contributed by atoms with Crippen molar-refractivity contribution in [3.8, 4) is 17.3 Å². The second-order valence-corrected chi connectivity index (χ2v) is 8.21. The van der Waals surface area contributed by atoms with Gasteiger partial charge in [-0.05, 0) is 55.7 Å². The molecule has 0 aliphatic carbocycles. The molecule has 1 aliphatic heterocycles. The zero-order chi connectivity index (χ0) is 22.6. The van der Waals surface area contributed by atoms with Gasteiger partial charge in [0.05, 0.1) is 11.9 Å². The van der Waals surface area contributed by atoms with Gasteiger partial charge in [-0.25, -0.2) is 4.98 Å². The van der Waals surface area contributed by atoms with Crippen LogP contribution in [0, 0.1) is 6.92 Å². The lowest BCUT2D eigenvalue weighted by Crippen LogP contribution is -2.39. The van der Waals surface area contributed by atoms with Crippen LogP contribution in [0.25, 0.3) is 5.69 Å². The van der Waals surface area contributed by atoms with Gasteiger partial charge in [-0.3, -0.25) is 14.3 Å². The number of aryl methyl sites for hydroxylation is 1. The van der Waals surface area contributed by atoms with Gasteiger partial charge in [0.2, 0.25) is 5.88 Å². The highest BCUT2D eigenvalue weighted by Crippen LogP contribution is 2.28. The summed E-state index contributed by atoms with van der Waals surface area (Å²) in [7, 11) is 0. The number of hydrogen-bond donors (Lipinski definition) is 0. The molecule has 1 amide bonds. The third-order valence-electron chi connectivity index (χ3n) is 5.78. The van der Waals surface area contributed by atoms with Gasteiger partial charge in [0.15, 0.2) is 0 Å². The molecule has 1 saturated heterocycles. The standard InChI is InChI=1S/C25H24N6O2/c1-18-5-2-9-22(11-18)33-24-14-26-13-23(29-24)20-7-4-10-30(15-20)25(32)19-6-3-8-21(12-19)31-16-27-28-17-31/h2-3,5-6,8-9,11-14,16-17,20H,4,7,10,15H2,1H3. The Morgan fingerprint density at radius 2 is 1.91 bits per heavy atom. The smallest absolute Gasteiger partial charge is 0.253 e. The van der Waals surface area contributed by atoms with Gasteiger partial charge in [-0.1, -0.05) is 18.2 Å². The quantitative estimate of drug-likeness (QED) is 0.463. The van der Waals surface area contributed by atoms with Crippen molar-refractivity contribution in [2.45, 2.75) is 25.7 Å². The summed E-state index contributed by atoms with van der Waals surface area (Å²) in [5.41, 5.74) is 3.46. The molecular formula is C25H24N6O2. The fraction of sp³-hybridized carbons (Fsp3) is 0.240. The molecule has 8 nitrogen and oxygen atoms in total. The minimum Gasteiger partial charge on any atom is -0.437 e. The number of rotatable bonds is 5. The zero-order valence-electron chi connectivity index (χ0n) is 18.3. The number of amides is 1. The van der Waals surface area contributed by atoms with E-state index in [4.69, 9.17) is 9.72 Å². The predicted octanol–water partition coefficient (Wildman–Crippen LogP) is 4.18. The highest BCUT2D eigenvalue weighted by molar-refractivity contribution is 5.94. The van der Waals surface area contributed by atoms with Gasteiger partial charge in [-0.2, -0.15) is 0 Å². The highest BCUT2D eigenvalue weighted by atomic mass is 16.5. The van der Waals surface area contributed by atoms with Crippen LogP contribution in [0.1, 0.15) is 40.4 Å². The van der Waals surface area contributed by atoms with E-state index < -0.39 is 0 Å². The lowest BCUT2D eigenvalue weighted by molar-refractivity contribution is 0.0705. The van der Waals surface area contributed by atoms with Crippen LogP contribution in [0.3, 0.4) is 0 Å². The summed E-state index contributed by atoms with van der Waals surface area (Å²) < 4.78 is 7.70. The first-order valence-electron chi connectivity index (χ1n) is 11.0. The number of aromatic nitrogens is 5. The molecule has 5 rings (SSSR count). The molecule has 1 aliphatic rings. The van der Waals surface area contributed by atoms with Crippen molar-refractivity contribution in [2.24, 2.45) is 0 Å². The van der Waals surface area contributed by atoms with Crippen LogP contribution in [0.5, 0.6) is 11.6 Å². The predicted molar refractivity (Wildman–Crippen MR) is 123 cm³/mol. The summed E-state index contributed by atoms with van der Waals surface area (Å²) in [4.78, 5) is 24.2. The summed E-state index contributed by atoms with van der Waals surface area (Å²) >= 11 is 0. The van der Waals surface area contributed by atoms with Gasteiger partial charge in [0, 0.05) is 36.5 Å². The first kappa shape index (κ1) is 20.8. The van der Waals surface area contributed by atoms with Crippen LogP contribution in [0.2, 0.25) is 0 Å². The van der Waals surface area contributed by atoms with Gasteiger partial charge in [-0.15, -0.1) is 10.2 Å². The molecule has 166 valence electrons. The van der Waals surface area contributed by atoms with Crippen LogP contribution in [-0.4, -0.2) is 48.6 Å². The molecule has 0 N–H and O–H groups in total. The molecule has 0 spiro atoms. The van der Waals surface area contributed by atoms with Crippen molar-refractivity contribution in [3.05, 3.63) is 90.4 Å². The van der Waals surface area contributed by atoms with Crippen molar-refractivity contribution in [2.75, 3.05) is 13.1 Å². The topological polar surface area (TPSA) is 86.0 Å². The van der Waals surface area contributed by atoms with E-state index in [0.717, 1.165) is 42.1 Å². The molecule has 1 unspecified atom stereocenters. The Bertz CT molecular complexity index is 1260. The zero-order valence-corrected chi connectivity index (χ0v) is 18.3. The molecule has 8 heteroatoms. The Balaban J connectivity index is 1.31. The Hall–Kier alpha value is -4.07. The highest BCUT2D eigenvalue weighted by Gasteiger charge is 2.27. The molecule has 1 atom stereocenters. The maximum absolute atomic E-state index is 13.3. The van der Waals surface area contributed by atoms with E-state index in [2.05, 4.69) is 15.2 Å². The minimum absolute atomic E-state index is 0.00903. The second kappa shape index (κ2) is 9.20. The third kappa shape index (κ3) is 4.74. The first-order valence-corrected chi connectivity index (χ1v) is 11.0. The molecule has 33 heavy (non-hydrogen) atoms. The molecule has 1 fully saturated rings. The van der Waals surface area contributed by atoms with E-state index in [1.807, 2.05) is 60.4 Å². The summed E-state index contributed by atoms with van der Waals surface area (Å²) in [6.07, 6.45) is 8.48. The number of carbonyl (C=O) groups is 1. The monoisotopic (exact) mass is 440 g/mol. The number of hydrogen-bond acceptors (Lipinski definition) is 6. The van der Waals surface area contributed by atoms with Crippen LogP contribution in [0.15, 0.2) is 73.6 Å². The van der Waals surface area contributed by atoms with Crippen LogP contribution in [0.4, 0.5) is 0 Å². The average molecular weight is 441 g/mol. The third-order valence-corrected chi connectivity index (χ3v) is 5.78. The summed E-state index contributed by atoms with van der Waals surface area (Å²) in [6, 6.07) is 15.3. The molecule has 2 aromatic carbocycles. The van der Waals surface area contributed by atoms with E-state index in [1.165, 1.54) is 0 Å². The second-order valence-electron chi connectivity index (χ2n) is 8.21. The number of piperidine rings is 1. The number of nitrogens with zero attached hydrogens (tertiary/aromatic N) is 6. The van der Waals surface area contributed by atoms with Crippen LogP contribution < -0.4 is 4.74 Å². The van der Waals surface area contributed by atoms with E-state index in [1.54, 1.807) is 29.6 Å². The molecular weight excluding hydrogens is 416 g/mol. The Labute approximate surface area is 191 Å². The van der Waals surface area contributed by atoms with Gasteiger partial charge in [0.1, 0.15) is 18.4 Å². The lowest BCUT2D eigenvalue weighted by atomic mass is 9.94. The van der Waals surface area contributed by atoms with Crippen LogP contribution in [-0.2, 0) is 0 Å². The van der Waals surface area contributed by atoms with E-state index in [9.17, 15) is 4.79 Å². The van der Waals surface area contributed by atoms with E-state index in [-0.39, 0.29) is 11.8 Å². The summed E-state index contributed by atoms with van der Waals surface area (Å²) in [6.45, 7) is 3.34. The lowest BCUT2D eigenvalue weighted by Gasteiger charge is -2.32. The molecule has 0 saturated carbocycles. The van der Waals surface area contributed by atoms with Gasteiger partial charge in [0.25, 0.3) is 5.91 Å². The maximum atomic E-state index is 13.3. The maximum Gasteiger partial charge on any atom is 0.253 e. The molecule has 2 aromatic heterocycles. The summed E-state index contributed by atoms with van der Waals surface area (Å²) in [5, 5.41) is 7.68. The largest absolute Gasteiger partial charge is 0.437 e. The molecule has 0 bridgehead atoms. The summed E-state index contributed by atoms with van der Waals surface area (Å²) in [5.74, 6) is 1.31. The van der Waals surface area contributed by atoms with Crippen molar-refractivity contribution in [1.29, 1.82) is 0 Å². The fourth-order valence-electron chi connectivity index (χ4n) is 4.13. The number of carbonyl (C=O) groups excluding carboxylic acids is 1. The molecule has 4 aromatic rings. The van der Waals surface area contributed by atoms with Gasteiger partial charge >= 0.3 is 0 Å². The van der Waals surface area contributed by atoms with Crippen molar-refractivity contribution < 1.29 is 9.53 Å². The Kier molecular flexibility index (Phi) is 5.80. The molecule has 3 heterocycles. The van der Waals surface area contributed by atoms with Crippen molar-refractivity contribution in [3.63, 3.8) is 0 Å². The normalized spacial score (nSPS) is 15.9. The van der Waals surface area contributed by atoms with Crippen molar-refractivity contribution >= 4 is 5.91 Å². The SMILES string of the molecule is Cc1cccc(Oc2cncc(C3CCCN(C(=O)c4cccc(-n5cnnc5)c4)C3)n2)c1. The van der Waals surface area contributed by atoms with Crippen molar-refractivity contribution in [1.82, 2.24) is 29.6 Å².